The molecule has 1 aromatic rings. The molecule has 4 N–H and O–H groups in total. The standard InChI is InChI=1S/C16H23N3O2/c17-10-9-12-5-1-4-8-14(12)16(21)19(11-15(18)20)13-6-2-3-7-13/h1,4-5,8,13H,2-3,6-7,9-11,17H2,(H2,18,20). The summed E-state index contributed by atoms with van der Waals surface area (Å²) in [5, 5.41) is 0. The minimum Gasteiger partial charge on any atom is -0.368 e. The van der Waals surface area contributed by atoms with Crippen molar-refractivity contribution >= 4 is 11.8 Å². The van der Waals surface area contributed by atoms with E-state index >= 15 is 0 Å². The summed E-state index contributed by atoms with van der Waals surface area (Å²) in [4.78, 5) is 25.8. The Morgan fingerprint density at radius 1 is 1.19 bits per heavy atom. The van der Waals surface area contributed by atoms with Crippen molar-refractivity contribution in [1.82, 2.24) is 4.90 Å². The number of primary amides is 1. The number of hydrogen-bond acceptors (Lipinski definition) is 3. The average molecular weight is 289 g/mol. The Balaban J connectivity index is 2.26. The maximum atomic E-state index is 12.8. The molecule has 0 unspecified atom stereocenters. The van der Waals surface area contributed by atoms with Crippen LogP contribution in [-0.2, 0) is 11.2 Å². The fourth-order valence-corrected chi connectivity index (χ4v) is 3.01. The average Bonchev–Trinajstić information content (AvgIpc) is 2.99. The van der Waals surface area contributed by atoms with E-state index in [0.717, 1.165) is 31.2 Å². The Kier molecular flexibility index (Phi) is 5.33. The zero-order chi connectivity index (χ0) is 15.2. The van der Waals surface area contributed by atoms with Gasteiger partial charge in [0.2, 0.25) is 5.91 Å². The molecule has 0 aliphatic heterocycles. The highest BCUT2D eigenvalue weighted by molar-refractivity contribution is 5.97. The van der Waals surface area contributed by atoms with E-state index in [-0.39, 0.29) is 18.5 Å². The molecule has 1 fully saturated rings. The molecular formula is C16H23N3O2. The number of rotatable bonds is 6. The van der Waals surface area contributed by atoms with Crippen molar-refractivity contribution in [2.45, 2.75) is 38.1 Å². The summed E-state index contributed by atoms with van der Waals surface area (Å²) >= 11 is 0. The third kappa shape index (κ3) is 3.82. The van der Waals surface area contributed by atoms with Crippen LogP contribution in [0.2, 0.25) is 0 Å². The Morgan fingerprint density at radius 2 is 1.86 bits per heavy atom. The SMILES string of the molecule is NCCc1ccccc1C(=O)N(CC(N)=O)C1CCCC1. The number of carbonyl (C=O) groups is 2. The van der Waals surface area contributed by atoms with E-state index in [9.17, 15) is 9.59 Å². The summed E-state index contributed by atoms with van der Waals surface area (Å²) in [7, 11) is 0. The molecule has 114 valence electrons. The highest BCUT2D eigenvalue weighted by atomic mass is 16.2. The van der Waals surface area contributed by atoms with Gasteiger partial charge < -0.3 is 16.4 Å². The lowest BCUT2D eigenvalue weighted by Gasteiger charge is -2.28. The smallest absolute Gasteiger partial charge is 0.254 e. The fraction of sp³-hybridized carbons (Fsp3) is 0.500. The molecule has 2 amide bonds. The van der Waals surface area contributed by atoms with Gasteiger partial charge in [-0.2, -0.15) is 0 Å². The zero-order valence-electron chi connectivity index (χ0n) is 12.3. The second kappa shape index (κ2) is 7.22. The van der Waals surface area contributed by atoms with Gasteiger partial charge in [-0.3, -0.25) is 9.59 Å². The lowest BCUT2D eigenvalue weighted by atomic mass is 10.0. The number of carbonyl (C=O) groups excluding carboxylic acids is 2. The number of hydrogen-bond donors (Lipinski definition) is 2. The van der Waals surface area contributed by atoms with E-state index in [1.165, 1.54) is 0 Å². The number of nitrogens with zero attached hydrogens (tertiary/aromatic N) is 1. The second-order valence-electron chi connectivity index (χ2n) is 5.53. The summed E-state index contributed by atoms with van der Waals surface area (Å²) < 4.78 is 0. The van der Waals surface area contributed by atoms with E-state index in [2.05, 4.69) is 0 Å². The van der Waals surface area contributed by atoms with Crippen molar-refractivity contribution in [3.8, 4) is 0 Å². The predicted molar refractivity (Wildman–Crippen MR) is 81.7 cm³/mol. The highest BCUT2D eigenvalue weighted by Crippen LogP contribution is 2.25. The van der Waals surface area contributed by atoms with Crippen molar-refractivity contribution in [3.63, 3.8) is 0 Å². The number of nitrogens with two attached hydrogens (primary N) is 2. The third-order valence-corrected chi connectivity index (χ3v) is 4.01. The van der Waals surface area contributed by atoms with Gasteiger partial charge >= 0.3 is 0 Å². The molecule has 0 aromatic heterocycles. The fourth-order valence-electron chi connectivity index (χ4n) is 3.01. The van der Waals surface area contributed by atoms with Crippen LogP contribution in [-0.4, -0.2) is 35.8 Å². The van der Waals surface area contributed by atoms with Gasteiger partial charge in [0.25, 0.3) is 5.91 Å². The van der Waals surface area contributed by atoms with Crippen LogP contribution in [0, 0.1) is 0 Å². The first-order chi connectivity index (χ1) is 10.1. The molecule has 0 heterocycles. The topological polar surface area (TPSA) is 89.4 Å². The van der Waals surface area contributed by atoms with E-state index in [4.69, 9.17) is 11.5 Å². The number of benzene rings is 1. The lowest BCUT2D eigenvalue weighted by molar-refractivity contribution is -0.119. The minimum atomic E-state index is -0.466. The molecule has 5 heteroatoms. The van der Waals surface area contributed by atoms with Gasteiger partial charge in [0.05, 0.1) is 6.54 Å². The molecule has 0 radical (unpaired) electrons. The quantitative estimate of drug-likeness (QED) is 0.820. The molecule has 1 saturated carbocycles. The van der Waals surface area contributed by atoms with Gasteiger partial charge in [0.15, 0.2) is 0 Å². The van der Waals surface area contributed by atoms with Crippen LogP contribution < -0.4 is 11.5 Å². The van der Waals surface area contributed by atoms with Crippen molar-refractivity contribution in [3.05, 3.63) is 35.4 Å². The lowest BCUT2D eigenvalue weighted by Crippen LogP contribution is -2.44. The summed E-state index contributed by atoms with van der Waals surface area (Å²) in [5.74, 6) is -0.573. The molecule has 21 heavy (non-hydrogen) atoms. The molecule has 1 aliphatic rings. The Bertz CT molecular complexity index is 510. The largest absolute Gasteiger partial charge is 0.368 e. The van der Waals surface area contributed by atoms with Gasteiger partial charge in [-0.25, -0.2) is 0 Å². The molecule has 0 spiro atoms. The van der Waals surface area contributed by atoms with Crippen LogP contribution in [0.3, 0.4) is 0 Å². The zero-order valence-corrected chi connectivity index (χ0v) is 12.3. The van der Waals surface area contributed by atoms with Crippen LogP contribution in [0.5, 0.6) is 0 Å². The number of amides is 2. The van der Waals surface area contributed by atoms with E-state index in [1.54, 1.807) is 11.0 Å². The Hall–Kier alpha value is -1.88. The molecule has 0 atom stereocenters. The van der Waals surface area contributed by atoms with Gasteiger partial charge in [-0.05, 0) is 37.4 Å². The van der Waals surface area contributed by atoms with Crippen LogP contribution in [0.25, 0.3) is 0 Å². The van der Waals surface area contributed by atoms with Crippen molar-refractivity contribution in [2.24, 2.45) is 11.5 Å². The van der Waals surface area contributed by atoms with Gasteiger partial charge in [-0.1, -0.05) is 31.0 Å². The summed E-state index contributed by atoms with van der Waals surface area (Å²) in [6.45, 7) is 0.476. The van der Waals surface area contributed by atoms with E-state index in [1.807, 2.05) is 18.2 Å². The molecule has 1 aliphatic carbocycles. The third-order valence-electron chi connectivity index (χ3n) is 4.01. The van der Waals surface area contributed by atoms with Crippen LogP contribution >= 0.6 is 0 Å². The molecule has 0 bridgehead atoms. The van der Waals surface area contributed by atoms with Gasteiger partial charge in [0.1, 0.15) is 0 Å². The predicted octanol–water partition coefficient (Wildman–Crippen LogP) is 1.06. The molecule has 1 aromatic carbocycles. The summed E-state index contributed by atoms with van der Waals surface area (Å²) in [6, 6.07) is 7.57. The van der Waals surface area contributed by atoms with Gasteiger partial charge in [0, 0.05) is 11.6 Å². The highest BCUT2D eigenvalue weighted by Gasteiger charge is 2.29. The Morgan fingerprint density at radius 3 is 2.48 bits per heavy atom. The monoisotopic (exact) mass is 289 g/mol. The maximum Gasteiger partial charge on any atom is 0.254 e. The van der Waals surface area contributed by atoms with Gasteiger partial charge in [-0.15, -0.1) is 0 Å². The maximum absolute atomic E-state index is 12.8. The first kappa shape index (κ1) is 15.5. The van der Waals surface area contributed by atoms with Crippen molar-refractivity contribution < 1.29 is 9.59 Å². The molecule has 0 saturated heterocycles. The van der Waals surface area contributed by atoms with E-state index < -0.39 is 5.91 Å². The molecule has 2 rings (SSSR count). The van der Waals surface area contributed by atoms with Crippen LogP contribution in [0.1, 0.15) is 41.6 Å². The Labute approximate surface area is 125 Å². The first-order valence-electron chi connectivity index (χ1n) is 7.50. The minimum absolute atomic E-state index is 0.0134. The molecular weight excluding hydrogens is 266 g/mol. The van der Waals surface area contributed by atoms with E-state index in [0.29, 0.717) is 18.5 Å². The summed E-state index contributed by atoms with van der Waals surface area (Å²) in [5.41, 5.74) is 12.5. The second-order valence-corrected chi connectivity index (χ2v) is 5.53. The van der Waals surface area contributed by atoms with Crippen molar-refractivity contribution in [1.29, 1.82) is 0 Å². The molecule has 5 nitrogen and oxygen atoms in total. The van der Waals surface area contributed by atoms with Crippen LogP contribution in [0.15, 0.2) is 24.3 Å². The van der Waals surface area contributed by atoms with Crippen molar-refractivity contribution in [2.75, 3.05) is 13.1 Å². The first-order valence-corrected chi connectivity index (χ1v) is 7.50. The van der Waals surface area contributed by atoms with Crippen LogP contribution in [0.4, 0.5) is 0 Å². The normalized spacial score (nSPS) is 15.1. The summed E-state index contributed by atoms with van der Waals surface area (Å²) in [6.07, 6.45) is 4.72.